The quantitative estimate of drug-likeness (QED) is 0.760. The van der Waals surface area contributed by atoms with Gasteiger partial charge in [-0.15, -0.1) is 0 Å². The summed E-state index contributed by atoms with van der Waals surface area (Å²) in [5.74, 6) is 0.573. The van der Waals surface area contributed by atoms with Crippen molar-refractivity contribution in [1.29, 1.82) is 0 Å². The zero-order valence-electron chi connectivity index (χ0n) is 12.6. The summed E-state index contributed by atoms with van der Waals surface area (Å²) in [6, 6.07) is 1.58. The minimum Gasteiger partial charge on any atom is -0.392 e. The molecule has 0 aromatic carbocycles. The normalized spacial score (nSPS) is 23.1. The van der Waals surface area contributed by atoms with E-state index in [2.05, 4.69) is 36.5 Å². The molecule has 0 spiro atoms. The molecule has 1 aromatic heterocycles. The maximum Gasteiger partial charge on any atom is 0.242 e. The number of anilines is 1. The molecular weight excluding hydrogens is 256 g/mol. The molecule has 1 fully saturated rings. The van der Waals surface area contributed by atoms with Crippen LogP contribution in [0.5, 0.6) is 0 Å². The van der Waals surface area contributed by atoms with Gasteiger partial charge in [-0.1, -0.05) is 20.8 Å². The van der Waals surface area contributed by atoms with Crippen molar-refractivity contribution in [2.75, 3.05) is 11.9 Å². The zero-order chi connectivity index (χ0) is 14.9. The second-order valence-corrected chi connectivity index (χ2v) is 6.72. The summed E-state index contributed by atoms with van der Waals surface area (Å²) >= 11 is 0. The standard InChI is InChI=1S/C14H24N4O2/c1-14(2,3)7-9-5-12(18(4)17-9)16-13(20)11-6-10(19)8-15-11/h5,10-11,15,19H,6-8H2,1-4H3,(H,16,20). The second kappa shape index (κ2) is 5.54. The summed E-state index contributed by atoms with van der Waals surface area (Å²) in [4.78, 5) is 12.1. The highest BCUT2D eigenvalue weighted by molar-refractivity contribution is 5.94. The van der Waals surface area contributed by atoms with Crippen LogP contribution in [0.2, 0.25) is 0 Å². The van der Waals surface area contributed by atoms with Gasteiger partial charge in [0, 0.05) is 19.7 Å². The maximum absolute atomic E-state index is 12.1. The topological polar surface area (TPSA) is 79.2 Å². The Bertz CT molecular complexity index is 490. The molecule has 2 heterocycles. The number of hydrogen-bond donors (Lipinski definition) is 3. The van der Waals surface area contributed by atoms with Gasteiger partial charge in [0.05, 0.1) is 17.8 Å². The molecule has 6 nitrogen and oxygen atoms in total. The lowest BCUT2D eigenvalue weighted by Gasteiger charge is -2.15. The van der Waals surface area contributed by atoms with Crippen molar-refractivity contribution in [1.82, 2.24) is 15.1 Å². The van der Waals surface area contributed by atoms with E-state index in [1.165, 1.54) is 0 Å². The third-order valence-corrected chi connectivity index (χ3v) is 3.32. The highest BCUT2D eigenvalue weighted by Crippen LogP contribution is 2.21. The van der Waals surface area contributed by atoms with Gasteiger partial charge in [0.2, 0.25) is 5.91 Å². The summed E-state index contributed by atoms with van der Waals surface area (Å²) in [6.07, 6.45) is 0.879. The van der Waals surface area contributed by atoms with E-state index in [0.717, 1.165) is 12.1 Å². The Labute approximate surface area is 119 Å². The van der Waals surface area contributed by atoms with Gasteiger partial charge in [-0.25, -0.2) is 0 Å². The van der Waals surface area contributed by atoms with E-state index in [1.807, 2.05) is 13.1 Å². The van der Waals surface area contributed by atoms with Crippen molar-refractivity contribution < 1.29 is 9.90 Å². The third-order valence-electron chi connectivity index (χ3n) is 3.32. The first-order valence-corrected chi connectivity index (χ1v) is 7.00. The predicted molar refractivity (Wildman–Crippen MR) is 77.4 cm³/mol. The van der Waals surface area contributed by atoms with Crippen molar-refractivity contribution >= 4 is 11.7 Å². The van der Waals surface area contributed by atoms with Gasteiger partial charge in [-0.3, -0.25) is 9.48 Å². The summed E-state index contributed by atoms with van der Waals surface area (Å²) in [5.41, 5.74) is 1.13. The van der Waals surface area contributed by atoms with Crippen molar-refractivity contribution in [3.05, 3.63) is 11.8 Å². The minimum absolute atomic E-state index is 0.119. The Kier molecular flexibility index (Phi) is 4.15. The number of amides is 1. The number of carbonyl (C=O) groups excluding carboxylic acids is 1. The number of β-amino-alcohol motifs (C(OH)–C–C–N with tert-alkyl or cyclic N) is 1. The molecule has 3 N–H and O–H groups in total. The molecule has 20 heavy (non-hydrogen) atoms. The molecular formula is C14H24N4O2. The lowest BCUT2D eigenvalue weighted by atomic mass is 9.91. The van der Waals surface area contributed by atoms with Crippen LogP contribution in [0, 0.1) is 5.41 Å². The fourth-order valence-electron chi connectivity index (χ4n) is 2.40. The number of aromatic nitrogens is 2. The van der Waals surface area contributed by atoms with E-state index >= 15 is 0 Å². The monoisotopic (exact) mass is 280 g/mol. The molecule has 112 valence electrons. The minimum atomic E-state index is -0.436. The van der Waals surface area contributed by atoms with Crippen LogP contribution in [0.3, 0.4) is 0 Å². The Balaban J connectivity index is 2.01. The molecule has 1 aromatic rings. The van der Waals surface area contributed by atoms with Gasteiger partial charge < -0.3 is 15.7 Å². The van der Waals surface area contributed by atoms with E-state index in [9.17, 15) is 9.90 Å². The Morgan fingerprint density at radius 2 is 2.30 bits per heavy atom. The largest absolute Gasteiger partial charge is 0.392 e. The van der Waals surface area contributed by atoms with Crippen molar-refractivity contribution in [2.45, 2.75) is 45.8 Å². The van der Waals surface area contributed by atoms with Gasteiger partial charge in [0.25, 0.3) is 0 Å². The van der Waals surface area contributed by atoms with Crippen LogP contribution in [-0.2, 0) is 18.3 Å². The van der Waals surface area contributed by atoms with E-state index in [1.54, 1.807) is 4.68 Å². The Hall–Kier alpha value is -1.40. The van der Waals surface area contributed by atoms with E-state index in [4.69, 9.17) is 0 Å². The van der Waals surface area contributed by atoms with Crippen LogP contribution in [0.4, 0.5) is 5.82 Å². The molecule has 2 atom stereocenters. The number of rotatable bonds is 3. The molecule has 0 bridgehead atoms. The van der Waals surface area contributed by atoms with Gasteiger partial charge in [0.1, 0.15) is 5.82 Å². The lowest BCUT2D eigenvalue weighted by Crippen LogP contribution is -2.35. The number of aliphatic hydroxyl groups excluding tert-OH is 1. The molecule has 2 rings (SSSR count). The lowest BCUT2D eigenvalue weighted by molar-refractivity contribution is -0.118. The number of aryl methyl sites for hydroxylation is 1. The molecule has 0 saturated carbocycles. The number of carbonyl (C=O) groups is 1. The number of nitrogens with zero attached hydrogens (tertiary/aromatic N) is 2. The summed E-state index contributed by atoms with van der Waals surface area (Å²) in [6.45, 7) is 6.94. The smallest absolute Gasteiger partial charge is 0.242 e. The van der Waals surface area contributed by atoms with Crippen LogP contribution >= 0.6 is 0 Å². The fourth-order valence-corrected chi connectivity index (χ4v) is 2.40. The third kappa shape index (κ3) is 3.80. The highest BCUT2D eigenvalue weighted by atomic mass is 16.3. The molecule has 0 aliphatic carbocycles. The second-order valence-electron chi connectivity index (χ2n) is 6.72. The van der Waals surface area contributed by atoms with Crippen LogP contribution in [0.15, 0.2) is 6.07 Å². The van der Waals surface area contributed by atoms with Crippen LogP contribution < -0.4 is 10.6 Å². The van der Waals surface area contributed by atoms with Gasteiger partial charge in [-0.2, -0.15) is 5.10 Å². The fraction of sp³-hybridized carbons (Fsp3) is 0.714. The van der Waals surface area contributed by atoms with Crippen LogP contribution in [0.25, 0.3) is 0 Å². The van der Waals surface area contributed by atoms with E-state index in [-0.39, 0.29) is 17.4 Å². The first kappa shape index (κ1) is 15.0. The maximum atomic E-state index is 12.1. The van der Waals surface area contributed by atoms with Crippen molar-refractivity contribution in [2.24, 2.45) is 12.5 Å². The number of nitrogens with one attached hydrogen (secondary N) is 2. The first-order chi connectivity index (χ1) is 9.24. The van der Waals surface area contributed by atoms with Crippen LogP contribution in [-0.4, -0.2) is 39.5 Å². The van der Waals surface area contributed by atoms with E-state index in [0.29, 0.717) is 18.8 Å². The highest BCUT2D eigenvalue weighted by Gasteiger charge is 2.28. The molecule has 1 aliphatic heterocycles. The SMILES string of the molecule is Cn1nc(CC(C)(C)C)cc1NC(=O)C1CC(O)CN1. The molecule has 6 heteroatoms. The van der Waals surface area contributed by atoms with Crippen molar-refractivity contribution in [3.63, 3.8) is 0 Å². The molecule has 1 amide bonds. The van der Waals surface area contributed by atoms with Crippen molar-refractivity contribution in [3.8, 4) is 0 Å². The number of aliphatic hydroxyl groups is 1. The average Bonchev–Trinajstić information content (AvgIpc) is 2.84. The van der Waals surface area contributed by atoms with Gasteiger partial charge >= 0.3 is 0 Å². The molecule has 2 unspecified atom stereocenters. The van der Waals surface area contributed by atoms with E-state index < -0.39 is 6.10 Å². The zero-order valence-corrected chi connectivity index (χ0v) is 12.6. The molecule has 1 saturated heterocycles. The number of hydrogen-bond acceptors (Lipinski definition) is 4. The Morgan fingerprint density at radius 1 is 1.60 bits per heavy atom. The predicted octanol–water partition coefficient (Wildman–Crippen LogP) is 0.670. The summed E-state index contributed by atoms with van der Waals surface area (Å²) < 4.78 is 1.68. The first-order valence-electron chi connectivity index (χ1n) is 7.00. The molecule has 0 radical (unpaired) electrons. The van der Waals surface area contributed by atoms with Gasteiger partial charge in [0.15, 0.2) is 0 Å². The van der Waals surface area contributed by atoms with Gasteiger partial charge in [-0.05, 0) is 18.3 Å². The summed E-state index contributed by atoms with van der Waals surface area (Å²) in [7, 11) is 1.82. The van der Waals surface area contributed by atoms with Crippen LogP contribution in [0.1, 0.15) is 32.9 Å². The molecule has 1 aliphatic rings. The Morgan fingerprint density at radius 3 is 2.85 bits per heavy atom. The summed E-state index contributed by atoms with van der Waals surface area (Å²) in [5, 5.41) is 19.7. The average molecular weight is 280 g/mol.